The molecule has 0 spiro atoms. The highest BCUT2D eigenvalue weighted by atomic mass is 32.1. The number of hydrogen-bond donors (Lipinski definition) is 1. The summed E-state index contributed by atoms with van der Waals surface area (Å²) in [7, 11) is 0. The molecule has 0 atom stereocenters. The molecule has 6 nitrogen and oxygen atoms in total. The van der Waals surface area contributed by atoms with Crippen molar-refractivity contribution in [2.24, 2.45) is 0 Å². The van der Waals surface area contributed by atoms with Gasteiger partial charge < -0.3 is 4.74 Å². The highest BCUT2D eigenvalue weighted by Gasteiger charge is 2.12. The Kier molecular flexibility index (Phi) is 5.83. The maximum atomic E-state index is 12.2. The van der Waals surface area contributed by atoms with Crippen LogP contribution in [-0.4, -0.2) is 22.7 Å². The summed E-state index contributed by atoms with van der Waals surface area (Å²) in [5.41, 5.74) is 0.709. The van der Waals surface area contributed by atoms with E-state index in [9.17, 15) is 10.1 Å². The summed E-state index contributed by atoms with van der Waals surface area (Å²) in [6, 6.07) is 9.11. The van der Waals surface area contributed by atoms with E-state index in [1.807, 2.05) is 32.0 Å². The van der Waals surface area contributed by atoms with Gasteiger partial charge in [-0.25, -0.2) is 0 Å². The first-order chi connectivity index (χ1) is 11.2. The first-order valence-electron chi connectivity index (χ1n) is 7.14. The number of rotatable bonds is 6. The number of ether oxygens (including phenoxy) is 1. The van der Waals surface area contributed by atoms with Crippen LogP contribution >= 0.6 is 11.3 Å². The second-order valence-electron chi connectivity index (χ2n) is 4.48. The summed E-state index contributed by atoms with van der Waals surface area (Å²) in [5, 5.41) is 20.8. The number of hydrogen-bond acceptors (Lipinski definition) is 6. The number of nitriles is 1. The fourth-order valence-corrected chi connectivity index (χ4v) is 2.46. The lowest BCUT2D eigenvalue weighted by Gasteiger charge is -2.04. The van der Waals surface area contributed by atoms with Crippen molar-refractivity contribution in [2.45, 2.75) is 20.3 Å². The third-order valence-electron chi connectivity index (χ3n) is 2.83. The third kappa shape index (κ3) is 4.63. The Morgan fingerprint density at radius 2 is 2.26 bits per heavy atom. The molecule has 1 aromatic heterocycles. The van der Waals surface area contributed by atoms with Crippen LogP contribution in [0.4, 0.5) is 5.13 Å². The number of benzene rings is 1. The second kappa shape index (κ2) is 8.06. The van der Waals surface area contributed by atoms with E-state index in [-0.39, 0.29) is 5.57 Å². The van der Waals surface area contributed by atoms with Gasteiger partial charge in [-0.2, -0.15) is 5.26 Å². The molecule has 0 fully saturated rings. The number of nitrogens with one attached hydrogen (secondary N) is 1. The van der Waals surface area contributed by atoms with Gasteiger partial charge in [0.2, 0.25) is 5.13 Å². The predicted octanol–water partition coefficient (Wildman–Crippen LogP) is 3.04. The molecule has 118 valence electrons. The molecule has 0 unspecified atom stereocenters. The van der Waals surface area contributed by atoms with E-state index >= 15 is 0 Å². The van der Waals surface area contributed by atoms with Gasteiger partial charge in [0.15, 0.2) is 0 Å². The summed E-state index contributed by atoms with van der Waals surface area (Å²) in [5.74, 6) is 0.184. The van der Waals surface area contributed by atoms with E-state index in [4.69, 9.17) is 4.74 Å². The van der Waals surface area contributed by atoms with Crippen molar-refractivity contribution < 1.29 is 9.53 Å². The van der Waals surface area contributed by atoms with Crippen molar-refractivity contribution in [3.05, 3.63) is 40.4 Å². The molecule has 7 heteroatoms. The van der Waals surface area contributed by atoms with E-state index < -0.39 is 5.91 Å². The molecule has 23 heavy (non-hydrogen) atoms. The van der Waals surface area contributed by atoms with E-state index in [1.165, 1.54) is 17.4 Å². The van der Waals surface area contributed by atoms with Crippen molar-refractivity contribution in [1.29, 1.82) is 5.26 Å². The SMILES string of the molecule is CCOc1cccc(C=C(C#N)C(=O)Nc2nnc(CC)s2)c1. The topological polar surface area (TPSA) is 87.9 Å². The minimum Gasteiger partial charge on any atom is -0.494 e. The number of amides is 1. The molecule has 0 saturated heterocycles. The molecular formula is C16H16N4O2S. The summed E-state index contributed by atoms with van der Waals surface area (Å²) < 4.78 is 5.40. The Morgan fingerprint density at radius 1 is 1.43 bits per heavy atom. The van der Waals surface area contributed by atoms with Crippen LogP contribution in [0.2, 0.25) is 0 Å². The zero-order valence-electron chi connectivity index (χ0n) is 12.9. The zero-order valence-corrected chi connectivity index (χ0v) is 13.7. The first kappa shape index (κ1) is 16.6. The van der Waals surface area contributed by atoms with E-state index in [0.717, 1.165) is 11.4 Å². The van der Waals surface area contributed by atoms with Crippen molar-refractivity contribution in [1.82, 2.24) is 10.2 Å². The lowest BCUT2D eigenvalue weighted by molar-refractivity contribution is -0.112. The Bertz CT molecular complexity index is 761. The number of nitrogens with zero attached hydrogens (tertiary/aromatic N) is 3. The van der Waals surface area contributed by atoms with Gasteiger partial charge in [-0.05, 0) is 37.1 Å². The Balaban J connectivity index is 2.16. The number of carbonyl (C=O) groups is 1. The van der Waals surface area contributed by atoms with E-state index in [1.54, 1.807) is 12.1 Å². The lowest BCUT2D eigenvalue weighted by Crippen LogP contribution is -2.13. The molecule has 0 aliphatic carbocycles. The molecule has 1 N–H and O–H groups in total. The second-order valence-corrected chi connectivity index (χ2v) is 5.55. The van der Waals surface area contributed by atoms with Crippen LogP contribution in [0.1, 0.15) is 24.4 Å². The van der Waals surface area contributed by atoms with Gasteiger partial charge in [0.25, 0.3) is 5.91 Å². The maximum absolute atomic E-state index is 12.2. The number of carbonyl (C=O) groups excluding carboxylic acids is 1. The molecule has 0 bridgehead atoms. The zero-order chi connectivity index (χ0) is 16.7. The van der Waals surface area contributed by atoms with Crippen molar-refractivity contribution in [3.63, 3.8) is 0 Å². The smallest absolute Gasteiger partial charge is 0.268 e. The molecule has 1 amide bonds. The Hall–Kier alpha value is -2.72. The minimum atomic E-state index is -0.506. The van der Waals surface area contributed by atoms with Crippen LogP contribution in [0, 0.1) is 11.3 Å². The Morgan fingerprint density at radius 3 is 2.91 bits per heavy atom. The fourth-order valence-electron chi connectivity index (χ4n) is 1.79. The first-order valence-corrected chi connectivity index (χ1v) is 7.96. The van der Waals surface area contributed by atoms with Crippen molar-refractivity contribution in [2.75, 3.05) is 11.9 Å². The van der Waals surface area contributed by atoms with Crippen molar-refractivity contribution in [3.8, 4) is 11.8 Å². The lowest BCUT2D eigenvalue weighted by atomic mass is 10.1. The molecule has 0 saturated carbocycles. The van der Waals surface area contributed by atoms with Gasteiger partial charge in [0.1, 0.15) is 22.4 Å². The predicted molar refractivity (Wildman–Crippen MR) is 89.1 cm³/mol. The van der Waals surface area contributed by atoms with Gasteiger partial charge in [-0.3, -0.25) is 10.1 Å². The van der Waals surface area contributed by atoms with Gasteiger partial charge in [0, 0.05) is 0 Å². The molecule has 0 radical (unpaired) electrons. The quantitative estimate of drug-likeness (QED) is 0.650. The highest BCUT2D eigenvalue weighted by Crippen LogP contribution is 2.18. The molecule has 2 aromatic rings. The maximum Gasteiger partial charge on any atom is 0.268 e. The van der Waals surface area contributed by atoms with Gasteiger partial charge in [0.05, 0.1) is 6.61 Å². The molecular weight excluding hydrogens is 312 g/mol. The molecule has 2 rings (SSSR count). The van der Waals surface area contributed by atoms with Crippen molar-refractivity contribution >= 4 is 28.5 Å². The minimum absolute atomic E-state index is 0.00750. The summed E-state index contributed by atoms with van der Waals surface area (Å²) in [6.45, 7) is 4.40. The van der Waals surface area contributed by atoms with Crippen LogP contribution in [0.25, 0.3) is 6.08 Å². The Labute approximate surface area is 138 Å². The van der Waals surface area contributed by atoms with Gasteiger partial charge in [-0.15, -0.1) is 10.2 Å². The molecule has 1 heterocycles. The van der Waals surface area contributed by atoms with Crippen LogP contribution in [0.15, 0.2) is 29.8 Å². The standard InChI is InChI=1S/C16H16N4O2S/c1-3-14-19-20-16(23-14)18-15(21)12(10-17)8-11-6-5-7-13(9-11)22-4-2/h5-9H,3-4H2,1-2H3,(H,18,20,21). The monoisotopic (exact) mass is 328 g/mol. The molecule has 0 aliphatic heterocycles. The van der Waals surface area contributed by atoms with Crippen LogP contribution in [0.3, 0.4) is 0 Å². The van der Waals surface area contributed by atoms with Gasteiger partial charge in [-0.1, -0.05) is 30.4 Å². The summed E-state index contributed by atoms with van der Waals surface area (Å²) in [6.07, 6.45) is 2.26. The summed E-state index contributed by atoms with van der Waals surface area (Å²) in [4.78, 5) is 12.2. The van der Waals surface area contributed by atoms with E-state index in [2.05, 4.69) is 15.5 Å². The number of aromatic nitrogens is 2. The fraction of sp³-hybridized carbons (Fsp3) is 0.250. The van der Waals surface area contributed by atoms with E-state index in [0.29, 0.717) is 23.1 Å². The third-order valence-corrected chi connectivity index (χ3v) is 3.82. The van der Waals surface area contributed by atoms with Gasteiger partial charge >= 0.3 is 0 Å². The average Bonchev–Trinajstić information content (AvgIpc) is 3.01. The average molecular weight is 328 g/mol. The highest BCUT2D eigenvalue weighted by molar-refractivity contribution is 7.15. The number of anilines is 1. The number of aryl methyl sites for hydroxylation is 1. The largest absolute Gasteiger partial charge is 0.494 e. The summed E-state index contributed by atoms with van der Waals surface area (Å²) >= 11 is 1.29. The molecule has 1 aromatic carbocycles. The normalized spacial score (nSPS) is 10.9. The van der Waals surface area contributed by atoms with Crippen LogP contribution in [-0.2, 0) is 11.2 Å². The molecule has 0 aliphatic rings. The van der Waals surface area contributed by atoms with Crippen LogP contribution < -0.4 is 10.1 Å². The van der Waals surface area contributed by atoms with Crippen LogP contribution in [0.5, 0.6) is 5.75 Å².